The molecule has 2 N–H and O–H groups in total. The van der Waals surface area contributed by atoms with Gasteiger partial charge < -0.3 is 5.32 Å². The predicted molar refractivity (Wildman–Crippen MR) is 119 cm³/mol. The Hall–Kier alpha value is -1.81. The summed E-state index contributed by atoms with van der Waals surface area (Å²) in [4.78, 5) is 34.2. The van der Waals surface area contributed by atoms with Crippen LogP contribution in [-0.4, -0.2) is 73.4 Å². The molecule has 0 aromatic carbocycles. The third kappa shape index (κ3) is 4.16. The maximum absolute atomic E-state index is 12.3. The number of carbonyl (C=O) groups is 2. The zero-order chi connectivity index (χ0) is 23.2. The molecule has 0 radical (unpaired) electrons. The van der Waals surface area contributed by atoms with Crippen LogP contribution in [0.4, 0.5) is 10.7 Å². The number of nitrogens with one attached hydrogen (secondary N) is 2. The zero-order valence-electron chi connectivity index (χ0n) is 15.9. The number of amides is 3. The first-order valence-electron chi connectivity index (χ1n) is 8.33. The van der Waals surface area contributed by atoms with Crippen molar-refractivity contribution in [3.63, 3.8) is 0 Å². The lowest BCUT2D eigenvalue weighted by molar-refractivity contribution is -0.120. The smallest absolute Gasteiger partial charge is 0.326 e. The van der Waals surface area contributed by atoms with Gasteiger partial charge in [-0.1, -0.05) is 11.6 Å². The Balaban J connectivity index is 1.86. The molecule has 3 rings (SSSR count). The minimum Gasteiger partial charge on any atom is -0.352 e. The van der Waals surface area contributed by atoms with Crippen LogP contribution in [0.25, 0.3) is 10.6 Å². The number of carbonyl (C=O) groups excluding carboxylic acids is 2. The highest BCUT2D eigenvalue weighted by Gasteiger charge is 2.67. The Morgan fingerprint density at radius 3 is 2.42 bits per heavy atom. The molecule has 0 unspecified atom stereocenters. The highest BCUT2D eigenvalue weighted by atomic mass is 79.9. The van der Waals surface area contributed by atoms with Crippen molar-refractivity contribution in [2.45, 2.75) is 4.20 Å². The standard InChI is InChI=1S/C15H15BrClN5O6S3/c1-30(25,26)15(31(2,27)28)12(23)21-14(24)22(15)6-5-18-13-19-7-8(16)11(20-13)9-3-4-10(17)29-9/h3-4,7H,5-6H2,1-2H3,(H,18,19,20)(H,21,23,24). The number of halogens is 2. The molecule has 0 bridgehead atoms. The van der Waals surface area contributed by atoms with Crippen molar-refractivity contribution in [2.24, 2.45) is 0 Å². The van der Waals surface area contributed by atoms with Crippen LogP contribution in [0.2, 0.25) is 4.34 Å². The van der Waals surface area contributed by atoms with Crippen molar-refractivity contribution in [2.75, 3.05) is 30.9 Å². The summed E-state index contributed by atoms with van der Waals surface area (Å²) in [6.07, 6.45) is 2.66. The number of nitrogens with zero attached hydrogens (tertiary/aromatic N) is 3. The number of thiophene rings is 1. The molecule has 2 aromatic rings. The summed E-state index contributed by atoms with van der Waals surface area (Å²) in [6.45, 7) is -0.572. The Morgan fingerprint density at radius 2 is 1.87 bits per heavy atom. The van der Waals surface area contributed by atoms with E-state index in [0.29, 0.717) is 31.9 Å². The van der Waals surface area contributed by atoms with Crippen LogP contribution in [0.1, 0.15) is 0 Å². The van der Waals surface area contributed by atoms with E-state index >= 15 is 0 Å². The van der Waals surface area contributed by atoms with Crippen LogP contribution < -0.4 is 10.6 Å². The largest absolute Gasteiger partial charge is 0.352 e. The molecule has 16 heteroatoms. The van der Waals surface area contributed by atoms with E-state index in [4.69, 9.17) is 11.6 Å². The molecule has 1 aliphatic rings. The second kappa shape index (κ2) is 8.27. The maximum Gasteiger partial charge on any atom is 0.326 e. The molecule has 0 saturated carbocycles. The summed E-state index contributed by atoms with van der Waals surface area (Å²) in [5, 5.41) is 4.57. The lowest BCUT2D eigenvalue weighted by Crippen LogP contribution is -2.61. The number of sulfone groups is 2. The number of anilines is 1. The van der Waals surface area contributed by atoms with Gasteiger partial charge in [0.05, 0.1) is 13.7 Å². The van der Waals surface area contributed by atoms with Crippen LogP contribution >= 0.6 is 38.9 Å². The van der Waals surface area contributed by atoms with Crippen molar-refractivity contribution in [1.82, 2.24) is 20.2 Å². The summed E-state index contributed by atoms with van der Waals surface area (Å²) in [6, 6.07) is 2.35. The van der Waals surface area contributed by atoms with Gasteiger partial charge in [0.25, 0.3) is 5.91 Å². The van der Waals surface area contributed by atoms with Gasteiger partial charge in [-0.15, -0.1) is 11.3 Å². The first-order valence-corrected chi connectivity index (χ1v) is 14.1. The molecule has 1 fully saturated rings. The van der Waals surface area contributed by atoms with Gasteiger partial charge in [-0.3, -0.25) is 15.0 Å². The van der Waals surface area contributed by atoms with Crippen molar-refractivity contribution < 1.29 is 26.4 Å². The molecular formula is C15H15BrClN5O6S3. The molecule has 31 heavy (non-hydrogen) atoms. The molecule has 1 aliphatic heterocycles. The van der Waals surface area contributed by atoms with Crippen LogP contribution in [0.5, 0.6) is 0 Å². The first kappa shape index (κ1) is 23.8. The molecule has 11 nitrogen and oxygen atoms in total. The van der Waals surface area contributed by atoms with Gasteiger partial charge in [-0.2, -0.15) is 0 Å². The van der Waals surface area contributed by atoms with Crippen molar-refractivity contribution in [1.29, 1.82) is 0 Å². The van der Waals surface area contributed by atoms with Gasteiger partial charge in [0.2, 0.25) is 5.95 Å². The highest BCUT2D eigenvalue weighted by molar-refractivity contribution is 9.10. The van der Waals surface area contributed by atoms with E-state index in [9.17, 15) is 26.4 Å². The monoisotopic (exact) mass is 571 g/mol. The maximum atomic E-state index is 12.3. The second-order valence-corrected chi connectivity index (χ2v) is 13.6. The minimum atomic E-state index is -4.57. The van der Waals surface area contributed by atoms with Gasteiger partial charge in [0.1, 0.15) is 5.69 Å². The average molecular weight is 573 g/mol. The summed E-state index contributed by atoms with van der Waals surface area (Å²) < 4.78 is 47.5. The molecule has 0 aliphatic carbocycles. The summed E-state index contributed by atoms with van der Waals surface area (Å²) in [5.74, 6) is -1.29. The van der Waals surface area contributed by atoms with Crippen molar-refractivity contribution in [3.05, 3.63) is 27.1 Å². The number of aromatic nitrogens is 2. The Morgan fingerprint density at radius 1 is 1.23 bits per heavy atom. The zero-order valence-corrected chi connectivity index (χ0v) is 20.7. The van der Waals surface area contributed by atoms with E-state index in [-0.39, 0.29) is 12.5 Å². The fourth-order valence-corrected chi connectivity index (χ4v) is 8.81. The van der Waals surface area contributed by atoms with Gasteiger partial charge in [0, 0.05) is 31.8 Å². The average Bonchev–Trinajstić information content (AvgIpc) is 3.16. The SMILES string of the molecule is CS(=O)(=O)C1(S(C)(=O)=O)C(=O)NC(=O)N1CCNc1ncc(Br)c(-c2ccc(Cl)s2)n1. The first-order chi connectivity index (χ1) is 14.3. The molecule has 0 atom stereocenters. The van der Waals surface area contributed by atoms with Gasteiger partial charge in [-0.25, -0.2) is 31.6 Å². The van der Waals surface area contributed by atoms with E-state index < -0.39 is 42.4 Å². The fourth-order valence-electron chi connectivity index (χ4n) is 3.11. The lowest BCUT2D eigenvalue weighted by Gasteiger charge is -2.31. The van der Waals surface area contributed by atoms with Crippen LogP contribution in [-0.2, 0) is 24.5 Å². The Labute approximate surface area is 195 Å². The Kier molecular flexibility index (Phi) is 6.36. The topological polar surface area (TPSA) is 155 Å². The van der Waals surface area contributed by atoms with Crippen molar-refractivity contribution in [3.8, 4) is 10.6 Å². The van der Waals surface area contributed by atoms with E-state index in [1.54, 1.807) is 17.4 Å². The molecular weight excluding hydrogens is 558 g/mol. The van der Waals surface area contributed by atoms with E-state index in [2.05, 4.69) is 31.2 Å². The van der Waals surface area contributed by atoms with Gasteiger partial charge >= 0.3 is 10.2 Å². The number of imide groups is 1. The van der Waals surface area contributed by atoms with Crippen molar-refractivity contribution >= 4 is 76.4 Å². The summed E-state index contributed by atoms with van der Waals surface area (Å²) >= 11 is 10.6. The minimum absolute atomic E-state index is 0.137. The lowest BCUT2D eigenvalue weighted by atomic mass is 10.3. The fraction of sp³-hybridized carbons (Fsp3) is 0.333. The number of hydrogen-bond acceptors (Lipinski definition) is 10. The molecule has 1 saturated heterocycles. The number of hydrogen-bond donors (Lipinski definition) is 2. The second-order valence-electron chi connectivity index (χ2n) is 6.46. The van der Waals surface area contributed by atoms with E-state index in [1.807, 2.05) is 0 Å². The van der Waals surface area contributed by atoms with Gasteiger partial charge in [-0.05, 0) is 28.1 Å². The number of rotatable bonds is 7. The Bertz CT molecular complexity index is 1250. The van der Waals surface area contributed by atoms with Gasteiger partial charge in [0.15, 0.2) is 19.7 Å². The molecule has 3 heterocycles. The number of urea groups is 1. The molecule has 168 valence electrons. The summed E-state index contributed by atoms with van der Waals surface area (Å²) in [5.41, 5.74) is 0.546. The van der Waals surface area contributed by atoms with Crippen LogP contribution in [0.3, 0.4) is 0 Å². The normalized spacial score (nSPS) is 16.5. The summed E-state index contributed by atoms with van der Waals surface area (Å²) in [7, 11) is -9.13. The quantitative estimate of drug-likeness (QED) is 0.467. The van der Waals surface area contributed by atoms with E-state index in [1.165, 1.54) is 17.5 Å². The highest BCUT2D eigenvalue weighted by Crippen LogP contribution is 2.35. The third-order valence-electron chi connectivity index (χ3n) is 4.28. The van der Waals surface area contributed by atoms with E-state index in [0.717, 1.165) is 4.88 Å². The molecule has 2 aromatic heterocycles. The predicted octanol–water partition coefficient (Wildman–Crippen LogP) is 1.33. The third-order valence-corrected chi connectivity index (χ3v) is 10.7. The van der Waals surface area contributed by atoms with Crippen LogP contribution in [0, 0.1) is 0 Å². The molecule has 0 spiro atoms. The van der Waals surface area contributed by atoms with Crippen LogP contribution in [0.15, 0.2) is 22.8 Å². The molecule has 3 amide bonds.